The van der Waals surface area contributed by atoms with Crippen LogP contribution in [0.15, 0.2) is 48.5 Å². The topological polar surface area (TPSA) is 55.4 Å². The molecular formula is C20H21Cl2NO3. The van der Waals surface area contributed by atoms with Crippen molar-refractivity contribution in [2.24, 2.45) is 0 Å². The molecule has 0 aliphatic rings. The molecule has 4 nitrogen and oxygen atoms in total. The minimum absolute atomic E-state index is 0.392. The van der Waals surface area contributed by atoms with Crippen LogP contribution < -0.4 is 5.32 Å². The van der Waals surface area contributed by atoms with Crippen LogP contribution in [-0.2, 0) is 14.3 Å². The first-order chi connectivity index (χ1) is 12.4. The summed E-state index contributed by atoms with van der Waals surface area (Å²) in [5.41, 5.74) is 1.33. The monoisotopic (exact) mass is 393 g/mol. The Labute approximate surface area is 163 Å². The van der Waals surface area contributed by atoms with E-state index in [0.717, 1.165) is 12.0 Å². The average molecular weight is 394 g/mol. The predicted molar refractivity (Wildman–Crippen MR) is 105 cm³/mol. The summed E-state index contributed by atoms with van der Waals surface area (Å²) in [4.78, 5) is 24.9. The molecule has 26 heavy (non-hydrogen) atoms. The van der Waals surface area contributed by atoms with Crippen molar-refractivity contribution < 1.29 is 14.3 Å². The van der Waals surface area contributed by atoms with Gasteiger partial charge in [0.1, 0.15) is 0 Å². The van der Waals surface area contributed by atoms with Gasteiger partial charge < -0.3 is 10.1 Å². The van der Waals surface area contributed by atoms with Gasteiger partial charge in [-0.1, -0.05) is 66.9 Å². The number of ether oxygens (including phenoxy) is 1. The molecule has 2 aromatic carbocycles. The van der Waals surface area contributed by atoms with Gasteiger partial charge in [-0.15, -0.1) is 0 Å². The number of nitrogens with one attached hydrogen (secondary N) is 1. The molecule has 0 radical (unpaired) electrons. The van der Waals surface area contributed by atoms with Crippen LogP contribution in [0.4, 0.5) is 5.69 Å². The number of hydrogen-bond donors (Lipinski definition) is 1. The Hall–Kier alpha value is -2.04. The number of carbonyl (C=O) groups excluding carboxylic acids is 2. The van der Waals surface area contributed by atoms with E-state index >= 15 is 0 Å². The number of rotatable bonds is 7. The summed E-state index contributed by atoms with van der Waals surface area (Å²) in [5, 5.41) is 3.47. The fourth-order valence-electron chi connectivity index (χ4n) is 2.57. The van der Waals surface area contributed by atoms with Crippen LogP contribution in [0.25, 0.3) is 0 Å². The number of anilines is 1. The average Bonchev–Trinajstić information content (AvgIpc) is 2.59. The lowest BCUT2D eigenvalue weighted by molar-refractivity contribution is -0.154. The van der Waals surface area contributed by atoms with Gasteiger partial charge in [0, 0.05) is 15.7 Å². The van der Waals surface area contributed by atoms with E-state index in [9.17, 15) is 9.59 Å². The molecule has 0 aliphatic heterocycles. The van der Waals surface area contributed by atoms with E-state index in [-0.39, 0.29) is 0 Å². The molecule has 0 unspecified atom stereocenters. The zero-order valence-electron chi connectivity index (χ0n) is 14.7. The second-order valence-corrected chi connectivity index (χ2v) is 6.85. The summed E-state index contributed by atoms with van der Waals surface area (Å²) in [6.07, 6.45) is 0.542. The Kier molecular flexibility index (Phi) is 7.49. The second kappa shape index (κ2) is 9.60. The number of hydrogen-bond acceptors (Lipinski definition) is 3. The maximum absolute atomic E-state index is 12.6. The fraction of sp³-hybridized carbons (Fsp3) is 0.300. The normalized spacial score (nSPS) is 12.9. The first kappa shape index (κ1) is 20.3. The standard InChI is InChI=1S/C20H21Cl2NO3/c1-3-7-18(14-8-5-4-6-9-14)20(25)26-13(2)19(24)23-17-11-15(21)10-16(22)12-17/h4-6,8-13,18H,3,7H2,1-2H3,(H,23,24)/t13-,18+/m1/s1. The number of amides is 1. The fourth-order valence-corrected chi connectivity index (χ4v) is 3.10. The van der Waals surface area contributed by atoms with Crippen molar-refractivity contribution in [3.05, 3.63) is 64.1 Å². The van der Waals surface area contributed by atoms with Gasteiger partial charge in [0.15, 0.2) is 6.10 Å². The summed E-state index contributed by atoms with van der Waals surface area (Å²) in [6.45, 7) is 3.54. The molecule has 1 N–H and O–H groups in total. The second-order valence-electron chi connectivity index (χ2n) is 5.98. The van der Waals surface area contributed by atoms with Gasteiger partial charge >= 0.3 is 5.97 Å². The minimum Gasteiger partial charge on any atom is -0.452 e. The quantitative estimate of drug-likeness (QED) is 0.636. The van der Waals surface area contributed by atoms with Crippen LogP contribution in [-0.4, -0.2) is 18.0 Å². The summed E-state index contributed by atoms with van der Waals surface area (Å²) in [6, 6.07) is 14.1. The van der Waals surface area contributed by atoms with E-state index in [4.69, 9.17) is 27.9 Å². The summed E-state index contributed by atoms with van der Waals surface area (Å²) >= 11 is 11.8. The van der Waals surface area contributed by atoms with Gasteiger partial charge in [0.2, 0.25) is 0 Å². The van der Waals surface area contributed by atoms with Crippen LogP contribution in [0.5, 0.6) is 0 Å². The van der Waals surface area contributed by atoms with Crippen molar-refractivity contribution in [3.8, 4) is 0 Å². The molecule has 2 atom stereocenters. The molecule has 6 heteroatoms. The van der Waals surface area contributed by atoms with Gasteiger partial charge in [-0.3, -0.25) is 9.59 Å². The highest BCUT2D eigenvalue weighted by molar-refractivity contribution is 6.35. The Balaban J connectivity index is 2.03. The maximum atomic E-state index is 12.6. The Morgan fingerprint density at radius 3 is 2.27 bits per heavy atom. The zero-order chi connectivity index (χ0) is 19.1. The molecule has 0 aliphatic carbocycles. The third kappa shape index (κ3) is 5.75. The van der Waals surface area contributed by atoms with Crippen molar-refractivity contribution in [2.45, 2.75) is 38.7 Å². The van der Waals surface area contributed by atoms with E-state index in [1.54, 1.807) is 18.2 Å². The van der Waals surface area contributed by atoms with E-state index in [1.807, 2.05) is 37.3 Å². The Morgan fingerprint density at radius 2 is 1.69 bits per heavy atom. The van der Waals surface area contributed by atoms with E-state index in [2.05, 4.69) is 5.32 Å². The molecule has 0 bridgehead atoms. The number of benzene rings is 2. The highest BCUT2D eigenvalue weighted by atomic mass is 35.5. The van der Waals surface area contributed by atoms with Crippen molar-refractivity contribution in [1.82, 2.24) is 0 Å². The lowest BCUT2D eigenvalue weighted by Gasteiger charge is -2.19. The van der Waals surface area contributed by atoms with Gasteiger partial charge in [0.05, 0.1) is 5.92 Å². The van der Waals surface area contributed by atoms with Crippen molar-refractivity contribution in [2.75, 3.05) is 5.32 Å². The first-order valence-corrected chi connectivity index (χ1v) is 9.18. The van der Waals surface area contributed by atoms with Crippen molar-refractivity contribution in [3.63, 3.8) is 0 Å². The molecule has 0 aromatic heterocycles. The van der Waals surface area contributed by atoms with Crippen LogP contribution in [0.3, 0.4) is 0 Å². The molecule has 2 aromatic rings. The molecule has 0 heterocycles. The third-order valence-electron chi connectivity index (χ3n) is 3.86. The number of halogens is 2. The first-order valence-electron chi connectivity index (χ1n) is 8.43. The SMILES string of the molecule is CCC[C@H](C(=O)O[C@H](C)C(=O)Nc1cc(Cl)cc(Cl)c1)c1ccccc1. The largest absolute Gasteiger partial charge is 0.452 e. The third-order valence-corrected chi connectivity index (χ3v) is 4.29. The molecule has 0 spiro atoms. The van der Waals surface area contributed by atoms with Crippen molar-refractivity contribution in [1.29, 1.82) is 0 Å². The highest BCUT2D eigenvalue weighted by Gasteiger charge is 2.25. The number of carbonyl (C=O) groups is 2. The van der Waals surface area contributed by atoms with Gasteiger partial charge in [-0.05, 0) is 37.1 Å². The van der Waals surface area contributed by atoms with Gasteiger partial charge in [-0.2, -0.15) is 0 Å². The van der Waals surface area contributed by atoms with E-state index in [0.29, 0.717) is 22.2 Å². The van der Waals surface area contributed by atoms with E-state index < -0.39 is 23.9 Å². The van der Waals surface area contributed by atoms with Gasteiger partial charge in [-0.25, -0.2) is 0 Å². The molecule has 2 rings (SSSR count). The molecule has 0 saturated carbocycles. The number of esters is 1. The zero-order valence-corrected chi connectivity index (χ0v) is 16.2. The van der Waals surface area contributed by atoms with Crippen LogP contribution >= 0.6 is 23.2 Å². The molecule has 0 fully saturated rings. The lowest BCUT2D eigenvalue weighted by Crippen LogP contribution is -2.31. The van der Waals surface area contributed by atoms with Crippen molar-refractivity contribution >= 4 is 40.8 Å². The minimum atomic E-state index is -0.941. The highest BCUT2D eigenvalue weighted by Crippen LogP contribution is 2.25. The van der Waals surface area contributed by atoms with Crippen LogP contribution in [0.1, 0.15) is 38.2 Å². The molecule has 0 saturated heterocycles. The smallest absolute Gasteiger partial charge is 0.314 e. The molecular weight excluding hydrogens is 373 g/mol. The van der Waals surface area contributed by atoms with E-state index in [1.165, 1.54) is 6.92 Å². The van der Waals surface area contributed by atoms with Crippen LogP contribution in [0.2, 0.25) is 10.0 Å². The maximum Gasteiger partial charge on any atom is 0.314 e. The Morgan fingerprint density at radius 1 is 1.08 bits per heavy atom. The molecule has 138 valence electrons. The summed E-state index contributed by atoms with van der Waals surface area (Å²) in [7, 11) is 0. The van der Waals surface area contributed by atoms with Gasteiger partial charge in [0.25, 0.3) is 5.91 Å². The summed E-state index contributed by atoms with van der Waals surface area (Å²) < 4.78 is 5.40. The summed E-state index contributed by atoms with van der Waals surface area (Å²) in [5.74, 6) is -1.25. The Bertz CT molecular complexity index is 745. The predicted octanol–water partition coefficient (Wildman–Crippen LogP) is 5.45. The van der Waals surface area contributed by atoms with Crippen LogP contribution in [0, 0.1) is 0 Å². The molecule has 1 amide bonds. The lowest BCUT2D eigenvalue weighted by atomic mass is 9.94.